The van der Waals surface area contributed by atoms with Gasteiger partial charge in [0.25, 0.3) is 21.8 Å². The number of hydrogen-bond acceptors (Lipinski definition) is 5. The standard InChI is InChI=1S/C23H21N3O5S/c1-31-21-13-6-5-12-20(21)26-32(29,30)19-11-7-10-18(16-19)23(28)25-24-22(27)15-14-17-8-3-2-4-9-17/h2-16,26H,1H3,(H,24,27)(H,25,28)/b15-14+. The number of para-hydroxylation sites is 2. The van der Waals surface area contributed by atoms with Gasteiger partial charge < -0.3 is 4.74 Å². The first-order valence-corrected chi connectivity index (χ1v) is 11.0. The van der Waals surface area contributed by atoms with Crippen LogP contribution < -0.4 is 20.3 Å². The zero-order valence-electron chi connectivity index (χ0n) is 17.1. The monoisotopic (exact) mass is 451 g/mol. The van der Waals surface area contributed by atoms with E-state index in [0.717, 1.165) is 5.56 Å². The Kier molecular flexibility index (Phi) is 7.25. The Labute approximate surface area is 185 Å². The van der Waals surface area contributed by atoms with Gasteiger partial charge in [0.15, 0.2) is 0 Å². The number of ether oxygens (including phenoxy) is 1. The van der Waals surface area contributed by atoms with Gasteiger partial charge in [0.1, 0.15) is 5.75 Å². The summed E-state index contributed by atoms with van der Waals surface area (Å²) in [5.41, 5.74) is 5.66. The van der Waals surface area contributed by atoms with Crippen molar-refractivity contribution in [1.29, 1.82) is 0 Å². The maximum absolute atomic E-state index is 12.8. The molecule has 0 aromatic heterocycles. The topological polar surface area (TPSA) is 114 Å². The molecule has 0 aliphatic rings. The number of carbonyl (C=O) groups is 2. The largest absolute Gasteiger partial charge is 0.495 e. The van der Waals surface area contributed by atoms with Crippen LogP contribution >= 0.6 is 0 Å². The minimum atomic E-state index is -3.98. The number of rotatable bonds is 7. The first kappa shape index (κ1) is 22.6. The Bertz CT molecular complexity index is 1240. The third-order valence-electron chi connectivity index (χ3n) is 4.28. The van der Waals surface area contributed by atoms with Crippen molar-refractivity contribution in [2.24, 2.45) is 0 Å². The highest BCUT2D eigenvalue weighted by molar-refractivity contribution is 7.92. The van der Waals surface area contributed by atoms with Gasteiger partial charge in [0.2, 0.25) is 0 Å². The summed E-state index contributed by atoms with van der Waals surface area (Å²) in [6, 6.07) is 21.2. The van der Waals surface area contributed by atoms with Crippen molar-refractivity contribution < 1.29 is 22.7 Å². The van der Waals surface area contributed by atoms with Crippen LogP contribution in [0.5, 0.6) is 5.75 Å². The Morgan fingerprint density at radius 1 is 0.875 bits per heavy atom. The first-order valence-electron chi connectivity index (χ1n) is 9.48. The first-order chi connectivity index (χ1) is 15.4. The number of carbonyl (C=O) groups excluding carboxylic acids is 2. The summed E-state index contributed by atoms with van der Waals surface area (Å²) in [6.45, 7) is 0. The van der Waals surface area contributed by atoms with Crippen LogP contribution in [-0.2, 0) is 14.8 Å². The van der Waals surface area contributed by atoms with E-state index in [0.29, 0.717) is 5.75 Å². The smallest absolute Gasteiger partial charge is 0.269 e. The number of hydrogen-bond donors (Lipinski definition) is 3. The summed E-state index contributed by atoms with van der Waals surface area (Å²) in [7, 11) is -2.55. The molecule has 3 N–H and O–H groups in total. The predicted molar refractivity (Wildman–Crippen MR) is 121 cm³/mol. The van der Waals surface area contributed by atoms with Crippen molar-refractivity contribution >= 4 is 33.6 Å². The minimum Gasteiger partial charge on any atom is -0.495 e. The molecule has 2 amide bonds. The van der Waals surface area contributed by atoms with Crippen LogP contribution in [0.2, 0.25) is 0 Å². The van der Waals surface area contributed by atoms with Crippen molar-refractivity contribution in [1.82, 2.24) is 10.9 Å². The number of benzene rings is 3. The molecular formula is C23H21N3O5S. The lowest BCUT2D eigenvalue weighted by Gasteiger charge is -2.12. The molecule has 3 aromatic rings. The van der Waals surface area contributed by atoms with Crippen molar-refractivity contribution in [3.8, 4) is 5.75 Å². The number of hydrazine groups is 1. The van der Waals surface area contributed by atoms with Gasteiger partial charge in [-0.3, -0.25) is 25.2 Å². The van der Waals surface area contributed by atoms with Gasteiger partial charge in [-0.05, 0) is 42.0 Å². The van der Waals surface area contributed by atoms with Crippen LogP contribution in [-0.4, -0.2) is 27.3 Å². The van der Waals surface area contributed by atoms with E-state index in [2.05, 4.69) is 15.6 Å². The fourth-order valence-electron chi connectivity index (χ4n) is 2.71. The number of amides is 2. The number of anilines is 1. The average molecular weight is 452 g/mol. The molecule has 164 valence electrons. The van der Waals surface area contributed by atoms with Crippen LogP contribution in [0.25, 0.3) is 6.08 Å². The molecule has 32 heavy (non-hydrogen) atoms. The second kappa shape index (κ2) is 10.3. The third-order valence-corrected chi connectivity index (χ3v) is 5.65. The highest BCUT2D eigenvalue weighted by atomic mass is 32.2. The second-order valence-corrected chi connectivity index (χ2v) is 8.20. The summed E-state index contributed by atoms with van der Waals surface area (Å²) >= 11 is 0. The van der Waals surface area contributed by atoms with E-state index < -0.39 is 21.8 Å². The summed E-state index contributed by atoms with van der Waals surface area (Å²) in [4.78, 5) is 24.2. The van der Waals surface area contributed by atoms with Gasteiger partial charge in [-0.25, -0.2) is 8.42 Å². The van der Waals surface area contributed by atoms with Crippen molar-refractivity contribution in [2.45, 2.75) is 4.90 Å². The summed E-state index contributed by atoms with van der Waals surface area (Å²) in [5.74, 6) is -0.846. The number of sulfonamides is 1. The Hall–Kier alpha value is -4.11. The Morgan fingerprint density at radius 3 is 2.34 bits per heavy atom. The third kappa shape index (κ3) is 5.96. The molecule has 0 aliphatic heterocycles. The van der Waals surface area contributed by atoms with Gasteiger partial charge in [-0.2, -0.15) is 0 Å². The lowest BCUT2D eigenvalue weighted by atomic mass is 10.2. The van der Waals surface area contributed by atoms with E-state index in [9.17, 15) is 18.0 Å². The summed E-state index contributed by atoms with van der Waals surface area (Å²) in [5, 5.41) is 0. The van der Waals surface area contributed by atoms with E-state index in [-0.39, 0.29) is 16.1 Å². The normalized spacial score (nSPS) is 11.0. The highest BCUT2D eigenvalue weighted by Gasteiger charge is 2.18. The van der Waals surface area contributed by atoms with E-state index in [1.54, 1.807) is 30.3 Å². The molecule has 0 fully saturated rings. The zero-order chi connectivity index (χ0) is 23.0. The van der Waals surface area contributed by atoms with Gasteiger partial charge in [0, 0.05) is 11.6 Å². The average Bonchev–Trinajstić information content (AvgIpc) is 2.82. The van der Waals surface area contributed by atoms with Crippen LogP contribution in [0, 0.1) is 0 Å². The Morgan fingerprint density at radius 2 is 1.59 bits per heavy atom. The molecule has 0 atom stereocenters. The second-order valence-electron chi connectivity index (χ2n) is 6.52. The van der Waals surface area contributed by atoms with Crippen LogP contribution in [0.1, 0.15) is 15.9 Å². The van der Waals surface area contributed by atoms with E-state index in [4.69, 9.17) is 4.74 Å². The van der Waals surface area contributed by atoms with Gasteiger partial charge in [0.05, 0.1) is 17.7 Å². The number of nitrogens with one attached hydrogen (secondary N) is 3. The maximum atomic E-state index is 12.8. The molecule has 0 saturated carbocycles. The fraction of sp³-hybridized carbons (Fsp3) is 0.0435. The fourth-order valence-corrected chi connectivity index (χ4v) is 3.82. The van der Waals surface area contributed by atoms with Crippen molar-refractivity contribution in [3.63, 3.8) is 0 Å². The molecule has 0 saturated heterocycles. The van der Waals surface area contributed by atoms with E-state index in [1.807, 2.05) is 30.3 Å². The lowest BCUT2D eigenvalue weighted by molar-refractivity contribution is -0.117. The van der Waals surface area contributed by atoms with Gasteiger partial charge in [-0.1, -0.05) is 48.5 Å². The summed E-state index contributed by atoms with van der Waals surface area (Å²) < 4.78 is 33.1. The van der Waals surface area contributed by atoms with E-state index in [1.165, 1.54) is 37.5 Å². The lowest BCUT2D eigenvalue weighted by Crippen LogP contribution is -2.40. The van der Waals surface area contributed by atoms with Gasteiger partial charge >= 0.3 is 0 Å². The quantitative estimate of drug-likeness (QED) is 0.378. The molecule has 3 aromatic carbocycles. The van der Waals surface area contributed by atoms with Crippen molar-refractivity contribution in [3.05, 3.63) is 96.1 Å². The predicted octanol–water partition coefficient (Wildman–Crippen LogP) is 2.97. The maximum Gasteiger partial charge on any atom is 0.269 e. The summed E-state index contributed by atoms with van der Waals surface area (Å²) in [6.07, 6.45) is 2.87. The molecule has 9 heteroatoms. The molecule has 0 unspecified atom stereocenters. The minimum absolute atomic E-state index is 0.0558. The highest BCUT2D eigenvalue weighted by Crippen LogP contribution is 2.26. The van der Waals surface area contributed by atoms with Crippen LogP contribution in [0.3, 0.4) is 0 Å². The zero-order valence-corrected chi connectivity index (χ0v) is 17.9. The SMILES string of the molecule is COc1ccccc1NS(=O)(=O)c1cccc(C(=O)NNC(=O)/C=C/c2ccccc2)c1. The van der Waals surface area contributed by atoms with Gasteiger partial charge in [-0.15, -0.1) is 0 Å². The molecular weight excluding hydrogens is 430 g/mol. The Balaban J connectivity index is 1.66. The molecule has 0 radical (unpaired) electrons. The molecule has 0 aliphatic carbocycles. The molecule has 3 rings (SSSR count). The van der Waals surface area contributed by atoms with Crippen LogP contribution in [0.15, 0.2) is 89.8 Å². The molecule has 0 heterocycles. The number of methoxy groups -OCH3 is 1. The molecule has 0 spiro atoms. The van der Waals surface area contributed by atoms with Crippen molar-refractivity contribution in [2.75, 3.05) is 11.8 Å². The molecule has 8 nitrogen and oxygen atoms in total. The van der Waals surface area contributed by atoms with Crippen LogP contribution in [0.4, 0.5) is 5.69 Å². The molecule has 0 bridgehead atoms. The van der Waals surface area contributed by atoms with E-state index >= 15 is 0 Å².